The molecule has 8 nitrogen and oxygen atoms in total. The van der Waals surface area contributed by atoms with Crippen molar-refractivity contribution in [2.24, 2.45) is 5.73 Å². The van der Waals surface area contributed by atoms with Crippen LogP contribution in [0.2, 0.25) is 0 Å². The molecule has 8 heteroatoms. The molecule has 0 radical (unpaired) electrons. The Labute approximate surface area is 208 Å². The van der Waals surface area contributed by atoms with Crippen molar-refractivity contribution >= 4 is 11.8 Å². The second-order valence-corrected chi connectivity index (χ2v) is 10.8. The van der Waals surface area contributed by atoms with E-state index in [0.717, 1.165) is 82.8 Å². The molecule has 188 valence electrons. The zero-order chi connectivity index (χ0) is 23.9. The summed E-state index contributed by atoms with van der Waals surface area (Å²) < 4.78 is 6.38. The van der Waals surface area contributed by atoms with E-state index in [1.807, 2.05) is 6.20 Å². The van der Waals surface area contributed by atoms with E-state index in [-0.39, 0.29) is 18.4 Å². The van der Waals surface area contributed by atoms with Crippen molar-refractivity contribution in [3.8, 4) is 11.1 Å². The van der Waals surface area contributed by atoms with Crippen LogP contribution in [-0.2, 0) is 11.3 Å². The first-order valence-corrected chi connectivity index (χ1v) is 13.4. The Balaban J connectivity index is 1.33. The highest BCUT2D eigenvalue weighted by atomic mass is 16.6. The fraction of sp³-hybridized carbons (Fsp3) is 0.630. The Kier molecular flexibility index (Phi) is 6.39. The van der Waals surface area contributed by atoms with E-state index in [2.05, 4.69) is 52.2 Å². The molecule has 1 aliphatic carbocycles. The third kappa shape index (κ3) is 4.65. The van der Waals surface area contributed by atoms with Gasteiger partial charge in [0.2, 0.25) is 5.95 Å². The molecule has 3 fully saturated rings. The number of rotatable bonds is 7. The fourth-order valence-corrected chi connectivity index (χ4v) is 5.97. The summed E-state index contributed by atoms with van der Waals surface area (Å²) in [6, 6.07) is 7.55. The molecule has 1 aromatic carbocycles. The summed E-state index contributed by atoms with van der Waals surface area (Å²) in [4.78, 5) is 17.2. The molecular weight excluding hydrogens is 438 g/mol. The van der Waals surface area contributed by atoms with Crippen LogP contribution in [0.25, 0.3) is 11.1 Å². The summed E-state index contributed by atoms with van der Waals surface area (Å²) in [6.45, 7) is 8.59. The maximum Gasteiger partial charge on any atom is 0.224 e. The number of piperazine rings is 1. The van der Waals surface area contributed by atoms with Crippen LogP contribution in [-0.4, -0.2) is 77.9 Å². The smallest absolute Gasteiger partial charge is 0.224 e. The predicted molar refractivity (Wildman–Crippen MR) is 139 cm³/mol. The molecule has 0 bridgehead atoms. The molecule has 4 atom stereocenters. The van der Waals surface area contributed by atoms with Crippen molar-refractivity contribution in [1.82, 2.24) is 19.8 Å². The Morgan fingerprint density at radius 3 is 2.77 bits per heavy atom. The Hall–Kier alpha value is -2.26. The number of likely N-dealkylation sites (N-methyl/N-ethyl adjacent to an activating group) is 1. The minimum atomic E-state index is 0.0302. The topological polar surface area (TPSA) is 86.1 Å². The molecule has 0 spiro atoms. The summed E-state index contributed by atoms with van der Waals surface area (Å²) >= 11 is 0. The van der Waals surface area contributed by atoms with Crippen LogP contribution in [0.5, 0.6) is 0 Å². The van der Waals surface area contributed by atoms with Crippen molar-refractivity contribution in [3.63, 3.8) is 0 Å². The van der Waals surface area contributed by atoms with E-state index in [1.165, 1.54) is 16.7 Å². The highest BCUT2D eigenvalue weighted by Gasteiger charge is 2.52. The van der Waals surface area contributed by atoms with Crippen LogP contribution in [0, 0.1) is 0 Å². The summed E-state index contributed by atoms with van der Waals surface area (Å²) in [6.07, 6.45) is 7.51. The quantitative estimate of drug-likeness (QED) is 0.465. The van der Waals surface area contributed by atoms with E-state index in [1.54, 1.807) is 0 Å². The zero-order valence-corrected chi connectivity index (χ0v) is 21.1. The molecule has 4 heterocycles. The summed E-state index contributed by atoms with van der Waals surface area (Å²) in [5.74, 6) is 1.70. The van der Waals surface area contributed by atoms with Gasteiger partial charge in [-0.3, -0.25) is 4.90 Å². The first-order chi connectivity index (χ1) is 17.1. The van der Waals surface area contributed by atoms with Gasteiger partial charge in [0.25, 0.3) is 0 Å². The molecule has 2 unspecified atom stereocenters. The second kappa shape index (κ2) is 9.65. The highest BCUT2D eigenvalue weighted by molar-refractivity contribution is 5.81. The molecule has 2 aromatic rings. The molecule has 0 amide bonds. The van der Waals surface area contributed by atoms with Crippen LogP contribution >= 0.6 is 0 Å². The van der Waals surface area contributed by atoms with Crippen molar-refractivity contribution in [2.75, 3.05) is 50.0 Å². The van der Waals surface area contributed by atoms with E-state index in [0.29, 0.717) is 12.0 Å². The molecule has 1 aromatic heterocycles. The van der Waals surface area contributed by atoms with Gasteiger partial charge in [-0.05, 0) is 49.4 Å². The van der Waals surface area contributed by atoms with Crippen LogP contribution in [0.15, 0.2) is 24.4 Å². The lowest BCUT2D eigenvalue weighted by atomic mass is 9.97. The lowest BCUT2D eigenvalue weighted by Gasteiger charge is -2.32. The van der Waals surface area contributed by atoms with Crippen LogP contribution in [0.1, 0.15) is 56.3 Å². The van der Waals surface area contributed by atoms with Gasteiger partial charge >= 0.3 is 0 Å². The minimum absolute atomic E-state index is 0.0302. The Bertz CT molecular complexity index is 1050. The van der Waals surface area contributed by atoms with E-state index >= 15 is 0 Å². The molecule has 4 aliphatic rings. The van der Waals surface area contributed by atoms with Gasteiger partial charge in [-0.2, -0.15) is 4.98 Å². The third-order valence-electron chi connectivity index (χ3n) is 8.12. The number of anilines is 2. The lowest BCUT2D eigenvalue weighted by Crippen LogP contribution is -2.43. The van der Waals surface area contributed by atoms with E-state index in [4.69, 9.17) is 20.4 Å². The van der Waals surface area contributed by atoms with Gasteiger partial charge in [0, 0.05) is 63.1 Å². The van der Waals surface area contributed by atoms with Gasteiger partial charge in [0.1, 0.15) is 11.9 Å². The first-order valence-electron chi connectivity index (χ1n) is 13.4. The largest absolute Gasteiger partial charge is 0.354 e. The van der Waals surface area contributed by atoms with Crippen LogP contribution in [0.3, 0.4) is 0 Å². The number of benzene rings is 1. The van der Waals surface area contributed by atoms with Gasteiger partial charge in [-0.15, -0.1) is 0 Å². The number of epoxide rings is 1. The number of nitrogens with one attached hydrogen (secondary N) is 1. The average Bonchev–Trinajstić information content (AvgIpc) is 3.54. The van der Waals surface area contributed by atoms with Gasteiger partial charge in [0.05, 0.1) is 0 Å². The number of nitrogens with two attached hydrogens (primary N) is 1. The number of hydrogen-bond acceptors (Lipinski definition) is 8. The summed E-state index contributed by atoms with van der Waals surface area (Å²) in [5.41, 5.74) is 11.3. The standard InChI is InChI=1S/C27H39N7O/c1-3-4-9-29-27-30-16-23-21-8-5-18(17-33-12-10-32(2)11-13-33)14-22(21)24-26(35-24)34(25(23)31-27)20-7-6-19(28)15-20/h5,8,14,16,19-20,24,26H,3-4,6-7,9-13,15,17,28H2,1-2H3,(H,29,30,31)/t19-,20-,24?,26?/m0/s1. The second-order valence-electron chi connectivity index (χ2n) is 10.8. The third-order valence-corrected chi connectivity index (χ3v) is 8.12. The van der Waals surface area contributed by atoms with Crippen molar-refractivity contribution < 1.29 is 4.74 Å². The molecule has 3 aliphatic heterocycles. The molecule has 3 N–H and O–H groups in total. The maximum absolute atomic E-state index is 6.38. The number of aromatic nitrogens is 2. The fourth-order valence-electron chi connectivity index (χ4n) is 5.97. The monoisotopic (exact) mass is 477 g/mol. The Morgan fingerprint density at radius 1 is 1.14 bits per heavy atom. The van der Waals surface area contributed by atoms with Crippen molar-refractivity contribution in [1.29, 1.82) is 0 Å². The summed E-state index contributed by atoms with van der Waals surface area (Å²) in [5, 5.41) is 3.42. The maximum atomic E-state index is 6.38. The van der Waals surface area contributed by atoms with Crippen molar-refractivity contribution in [3.05, 3.63) is 35.5 Å². The van der Waals surface area contributed by atoms with Crippen molar-refractivity contribution in [2.45, 2.75) is 70.0 Å². The lowest BCUT2D eigenvalue weighted by molar-refractivity contribution is 0.148. The predicted octanol–water partition coefficient (Wildman–Crippen LogP) is 3.20. The van der Waals surface area contributed by atoms with Crippen LogP contribution in [0.4, 0.5) is 11.8 Å². The van der Waals surface area contributed by atoms with Gasteiger partial charge < -0.3 is 25.6 Å². The summed E-state index contributed by atoms with van der Waals surface area (Å²) in [7, 11) is 2.21. The molecule has 2 saturated heterocycles. The Morgan fingerprint density at radius 2 is 2.00 bits per heavy atom. The number of hydrogen-bond donors (Lipinski definition) is 2. The van der Waals surface area contributed by atoms with Gasteiger partial charge in [-0.1, -0.05) is 31.5 Å². The first kappa shape index (κ1) is 23.2. The van der Waals surface area contributed by atoms with Crippen LogP contribution < -0.4 is 16.0 Å². The number of fused-ring (bicyclic) bond motifs is 5. The molecular formula is C27H39N7O. The molecule has 35 heavy (non-hydrogen) atoms. The normalized spacial score (nSPS) is 28.3. The van der Waals surface area contributed by atoms with Gasteiger partial charge in [-0.25, -0.2) is 4.98 Å². The minimum Gasteiger partial charge on any atom is -0.354 e. The molecule has 6 rings (SSSR count). The van der Waals surface area contributed by atoms with E-state index < -0.39 is 0 Å². The van der Waals surface area contributed by atoms with Gasteiger partial charge in [0.15, 0.2) is 6.23 Å². The number of nitrogens with zero attached hydrogens (tertiary/aromatic N) is 5. The number of unbranched alkanes of at least 4 members (excludes halogenated alkanes) is 1. The average molecular weight is 478 g/mol. The van der Waals surface area contributed by atoms with E-state index in [9.17, 15) is 0 Å². The zero-order valence-electron chi connectivity index (χ0n) is 21.1. The number of ether oxygens (including phenoxy) is 1. The molecule has 1 saturated carbocycles. The SMILES string of the molecule is CCCCNc1ncc2c(n1)N([C@H]1CC[C@H](N)C1)C1OC1c1cc(CN3CCN(C)CC3)ccc1-2. The highest BCUT2D eigenvalue weighted by Crippen LogP contribution is 2.53.